The number of carbonyl (C=O) groups is 2. The van der Waals surface area contributed by atoms with Crippen molar-refractivity contribution in [2.45, 2.75) is 60.9 Å². The first-order chi connectivity index (χ1) is 23.4. The molecule has 3 aromatic rings. The van der Waals surface area contributed by atoms with E-state index in [0.717, 1.165) is 35.6 Å². The molecule has 0 radical (unpaired) electrons. The van der Waals surface area contributed by atoms with E-state index in [1.807, 2.05) is 4.90 Å². The first-order valence-corrected chi connectivity index (χ1v) is 18.2. The number of aromatic nitrogens is 1. The zero-order valence-electron chi connectivity index (χ0n) is 28.0. The van der Waals surface area contributed by atoms with Crippen molar-refractivity contribution in [3.05, 3.63) is 102 Å². The van der Waals surface area contributed by atoms with E-state index in [-0.39, 0.29) is 54.0 Å². The second kappa shape index (κ2) is 14.1. The van der Waals surface area contributed by atoms with Gasteiger partial charge in [0.05, 0.1) is 11.4 Å². The van der Waals surface area contributed by atoms with Crippen LogP contribution < -0.4 is 5.32 Å². The fourth-order valence-electron chi connectivity index (χ4n) is 7.84. The average Bonchev–Trinajstić information content (AvgIpc) is 3.79. The van der Waals surface area contributed by atoms with Crippen molar-refractivity contribution in [3.63, 3.8) is 0 Å². The number of sulfonamides is 1. The highest BCUT2D eigenvalue weighted by Crippen LogP contribution is 2.43. The molecule has 1 aromatic heterocycles. The number of β-amino-alcohol motifs (C(OH)–C–C–N with tert-alkyl or cyclic N) is 1. The zero-order valence-corrected chi connectivity index (χ0v) is 28.8. The lowest BCUT2D eigenvalue weighted by Crippen LogP contribution is -2.55. The van der Waals surface area contributed by atoms with E-state index in [1.54, 1.807) is 65.7 Å². The van der Waals surface area contributed by atoms with Gasteiger partial charge in [0, 0.05) is 70.5 Å². The molecule has 2 unspecified atom stereocenters. The molecular formula is C36H45FN6O5S. The summed E-state index contributed by atoms with van der Waals surface area (Å²) < 4.78 is 40.4. The molecule has 4 heterocycles. The summed E-state index contributed by atoms with van der Waals surface area (Å²) in [6.07, 6.45) is 6.85. The van der Waals surface area contributed by atoms with E-state index in [4.69, 9.17) is 0 Å². The number of piperidine rings is 1. The van der Waals surface area contributed by atoms with Crippen LogP contribution in [0.25, 0.3) is 0 Å². The summed E-state index contributed by atoms with van der Waals surface area (Å²) in [4.78, 5) is 36.0. The number of halogens is 1. The van der Waals surface area contributed by atoms with Gasteiger partial charge in [-0.2, -0.15) is 0 Å². The third-order valence-corrected chi connectivity index (χ3v) is 12.3. The maximum atomic E-state index is 14.4. The van der Waals surface area contributed by atoms with Crippen molar-refractivity contribution >= 4 is 22.0 Å². The molecule has 3 aliphatic heterocycles. The number of rotatable bonds is 11. The van der Waals surface area contributed by atoms with Crippen LogP contribution in [0.1, 0.15) is 47.3 Å². The molecule has 0 saturated carbocycles. The summed E-state index contributed by atoms with van der Waals surface area (Å²) >= 11 is 0. The smallest absolute Gasteiger partial charge is 0.318 e. The Morgan fingerprint density at radius 3 is 2.43 bits per heavy atom. The Bertz CT molecular complexity index is 1750. The van der Waals surface area contributed by atoms with Gasteiger partial charge in [-0.15, -0.1) is 6.58 Å². The zero-order chi connectivity index (χ0) is 34.9. The maximum absolute atomic E-state index is 14.4. The van der Waals surface area contributed by atoms with Gasteiger partial charge in [-0.05, 0) is 73.2 Å². The molecule has 3 aliphatic rings. The molecule has 0 aliphatic carbocycles. The summed E-state index contributed by atoms with van der Waals surface area (Å²) in [6.45, 7) is 5.45. The van der Waals surface area contributed by atoms with Crippen molar-refractivity contribution in [2.75, 3.05) is 40.3 Å². The van der Waals surface area contributed by atoms with Gasteiger partial charge in [-0.1, -0.05) is 30.3 Å². The predicted molar refractivity (Wildman–Crippen MR) is 183 cm³/mol. The van der Waals surface area contributed by atoms with E-state index < -0.39 is 21.4 Å². The number of fused-ring (bicyclic) bond motifs is 2. The lowest BCUT2D eigenvalue weighted by atomic mass is 9.82. The van der Waals surface area contributed by atoms with Gasteiger partial charge >= 0.3 is 6.03 Å². The van der Waals surface area contributed by atoms with E-state index in [1.165, 1.54) is 26.2 Å². The van der Waals surface area contributed by atoms with Crippen LogP contribution in [0.5, 0.6) is 0 Å². The molecule has 13 heteroatoms. The molecule has 3 amide bonds. The summed E-state index contributed by atoms with van der Waals surface area (Å²) in [5.74, 6) is -0.987. The monoisotopic (exact) mass is 692 g/mol. The van der Waals surface area contributed by atoms with Gasteiger partial charge in [0.2, 0.25) is 10.0 Å². The van der Waals surface area contributed by atoms with Gasteiger partial charge < -0.3 is 25.2 Å². The third-order valence-electron chi connectivity index (χ3n) is 10.5. The highest BCUT2D eigenvalue weighted by molar-refractivity contribution is 7.89. The minimum absolute atomic E-state index is 0.0176. The molecule has 0 spiro atoms. The standard InChI is InChI=1S/C36H45FN6O5S/c1-4-17-42(35(45)39-21-25-10-14-32(15-11-25)49(47,48)40(2)3)31-19-29-12-13-30(20-31)43(29)23-27-22-41(34(44)33-9-6-16-38-33)24-36(27,46)26-7-5-8-28(37)18-26/h4-11,14-16,18,27,29-31,38,46H,1,12-13,17,19-24H2,2-3H3,(H,39,45)/t27-,29?,30?,31?,36+/m1/s1. The number of amides is 3. The quantitative estimate of drug-likeness (QED) is 0.263. The number of hydrogen-bond acceptors (Lipinski definition) is 6. The number of carbonyl (C=O) groups excluding carboxylic acids is 2. The van der Waals surface area contributed by atoms with Crippen molar-refractivity contribution in [2.24, 2.45) is 5.92 Å². The molecule has 2 bridgehead atoms. The lowest BCUT2D eigenvalue weighted by molar-refractivity contribution is -0.0209. The Morgan fingerprint density at radius 2 is 1.82 bits per heavy atom. The SMILES string of the molecule is C=CCN(C(=O)NCc1ccc(S(=O)(=O)N(C)C)cc1)C1CC2CCC(C1)N2C[C@H]1CN(C(=O)c2ccc[nH]2)C[C@]1(O)c1cccc(F)c1. The van der Waals surface area contributed by atoms with Crippen LogP contribution in [0.3, 0.4) is 0 Å². The van der Waals surface area contributed by atoms with Crippen LogP contribution in [-0.4, -0.2) is 108 Å². The van der Waals surface area contributed by atoms with Crippen LogP contribution in [0.2, 0.25) is 0 Å². The van der Waals surface area contributed by atoms with Gasteiger partial charge in [0.25, 0.3) is 5.91 Å². The van der Waals surface area contributed by atoms with Crippen molar-refractivity contribution in [3.8, 4) is 0 Å². The number of likely N-dealkylation sites (tertiary alicyclic amines) is 1. The Labute approximate surface area is 287 Å². The van der Waals surface area contributed by atoms with Gasteiger partial charge in [-0.25, -0.2) is 21.9 Å². The molecule has 262 valence electrons. The van der Waals surface area contributed by atoms with Crippen molar-refractivity contribution < 1.29 is 27.5 Å². The summed E-state index contributed by atoms with van der Waals surface area (Å²) in [5, 5.41) is 15.2. The molecule has 11 nitrogen and oxygen atoms in total. The number of hydrogen-bond donors (Lipinski definition) is 3. The Kier molecular flexibility index (Phi) is 9.99. The molecule has 2 aromatic carbocycles. The highest BCUT2D eigenvalue weighted by atomic mass is 32.2. The maximum Gasteiger partial charge on any atom is 0.318 e. The van der Waals surface area contributed by atoms with Crippen LogP contribution in [-0.2, 0) is 22.2 Å². The van der Waals surface area contributed by atoms with E-state index >= 15 is 0 Å². The summed E-state index contributed by atoms with van der Waals surface area (Å²) in [7, 11) is -0.573. The Balaban J connectivity index is 1.13. The average molecular weight is 693 g/mol. The summed E-state index contributed by atoms with van der Waals surface area (Å²) in [6, 6.07) is 16.1. The van der Waals surface area contributed by atoms with Crippen LogP contribution in [0.4, 0.5) is 9.18 Å². The first kappa shape index (κ1) is 34.8. The van der Waals surface area contributed by atoms with Gasteiger partial charge in [0.15, 0.2) is 0 Å². The van der Waals surface area contributed by atoms with Crippen LogP contribution in [0, 0.1) is 11.7 Å². The molecular weight excluding hydrogens is 647 g/mol. The number of aromatic amines is 1. The van der Waals surface area contributed by atoms with E-state index in [9.17, 15) is 27.5 Å². The number of nitrogens with one attached hydrogen (secondary N) is 2. The number of benzene rings is 2. The van der Waals surface area contributed by atoms with Crippen LogP contribution >= 0.6 is 0 Å². The van der Waals surface area contributed by atoms with E-state index in [0.29, 0.717) is 30.9 Å². The van der Waals surface area contributed by atoms with Crippen molar-refractivity contribution in [1.29, 1.82) is 0 Å². The van der Waals surface area contributed by atoms with E-state index in [2.05, 4.69) is 21.8 Å². The second-order valence-corrected chi connectivity index (χ2v) is 15.8. The topological polar surface area (TPSA) is 129 Å². The molecule has 3 fully saturated rings. The fraction of sp³-hybridized carbons (Fsp3) is 0.444. The second-order valence-electron chi connectivity index (χ2n) is 13.6. The largest absolute Gasteiger partial charge is 0.383 e. The molecule has 6 rings (SSSR count). The highest BCUT2D eigenvalue weighted by Gasteiger charge is 2.52. The normalized spacial score (nSPS) is 25.4. The number of urea groups is 1. The molecule has 3 N–H and O–H groups in total. The minimum atomic E-state index is -3.54. The Hall–Kier alpha value is -4.04. The number of H-pyrrole nitrogens is 1. The third kappa shape index (κ3) is 7.03. The van der Waals surface area contributed by atoms with Gasteiger partial charge in [0.1, 0.15) is 17.1 Å². The fourth-order valence-corrected chi connectivity index (χ4v) is 8.74. The van der Waals surface area contributed by atoms with Crippen LogP contribution in [0.15, 0.2) is 84.4 Å². The summed E-state index contributed by atoms with van der Waals surface area (Å²) in [5.41, 5.74) is 0.262. The number of aliphatic hydroxyl groups is 1. The minimum Gasteiger partial charge on any atom is -0.383 e. The number of nitrogens with zero attached hydrogens (tertiary/aromatic N) is 4. The molecule has 4 atom stereocenters. The predicted octanol–water partition coefficient (Wildman–Crippen LogP) is 3.76. The van der Waals surface area contributed by atoms with Crippen molar-refractivity contribution in [1.82, 2.24) is 29.3 Å². The van der Waals surface area contributed by atoms with Gasteiger partial charge in [-0.3, -0.25) is 9.69 Å². The Morgan fingerprint density at radius 1 is 1.10 bits per heavy atom. The molecule has 3 saturated heterocycles. The molecule has 49 heavy (non-hydrogen) atoms. The first-order valence-electron chi connectivity index (χ1n) is 16.7. The lowest BCUT2D eigenvalue weighted by Gasteiger charge is -2.45.